The number of halogens is 8. The standard InChI is InChI=1S/C19H19Cl2F6NO6/c1-3-33-14(29)12-11(9-6-5-8(20)7-10(9)21)13(15(30)34-4-2)17(32,19(25,26)27)28-16(12,31)18(22,23)24/h5-7,11-13,28,31-32H,3-4H2,1-2H3/t11?,12-,13+,16-,17+. The minimum Gasteiger partial charge on any atom is -0.466 e. The van der Waals surface area contributed by atoms with Crippen LogP contribution < -0.4 is 5.32 Å². The van der Waals surface area contributed by atoms with E-state index in [9.17, 15) is 46.1 Å². The molecule has 3 N–H and O–H groups in total. The van der Waals surface area contributed by atoms with Gasteiger partial charge in [0.2, 0.25) is 11.4 Å². The van der Waals surface area contributed by atoms with Crippen molar-refractivity contribution in [3.63, 3.8) is 0 Å². The molecule has 34 heavy (non-hydrogen) atoms. The smallest absolute Gasteiger partial charge is 0.432 e. The first-order valence-electron chi connectivity index (χ1n) is 9.62. The van der Waals surface area contributed by atoms with Crippen LogP contribution in [0.5, 0.6) is 0 Å². The van der Waals surface area contributed by atoms with Gasteiger partial charge in [-0.1, -0.05) is 29.3 Å². The van der Waals surface area contributed by atoms with Crippen LogP contribution in [0.3, 0.4) is 0 Å². The summed E-state index contributed by atoms with van der Waals surface area (Å²) in [6.07, 6.45) is -12.0. The molecule has 15 heteroatoms. The number of esters is 2. The van der Waals surface area contributed by atoms with Crippen LogP contribution in [0, 0.1) is 11.8 Å². The summed E-state index contributed by atoms with van der Waals surface area (Å²) in [5.41, 5.74) is -10.1. The van der Waals surface area contributed by atoms with Crippen molar-refractivity contribution < 1.29 is 55.6 Å². The number of hydrogen-bond donors (Lipinski definition) is 3. The van der Waals surface area contributed by atoms with Crippen molar-refractivity contribution in [2.45, 2.75) is 43.6 Å². The van der Waals surface area contributed by atoms with Gasteiger partial charge < -0.3 is 19.7 Å². The monoisotopic (exact) mass is 541 g/mol. The number of nitrogens with one attached hydrogen (secondary N) is 1. The van der Waals surface area contributed by atoms with Crippen LogP contribution in [0.1, 0.15) is 25.3 Å². The predicted octanol–water partition coefficient (Wildman–Crippen LogP) is 3.54. The molecular weight excluding hydrogens is 523 g/mol. The molecule has 1 aliphatic rings. The zero-order chi connectivity index (χ0) is 26.3. The molecule has 0 aromatic heterocycles. The van der Waals surface area contributed by atoms with E-state index in [0.29, 0.717) is 5.32 Å². The predicted molar refractivity (Wildman–Crippen MR) is 105 cm³/mol. The molecule has 0 spiro atoms. The molecule has 1 unspecified atom stereocenters. The Morgan fingerprint density at radius 1 is 0.941 bits per heavy atom. The highest BCUT2D eigenvalue weighted by molar-refractivity contribution is 6.35. The van der Waals surface area contributed by atoms with Crippen molar-refractivity contribution in [1.29, 1.82) is 0 Å². The minimum atomic E-state index is -5.99. The molecule has 1 heterocycles. The number of hydrogen-bond acceptors (Lipinski definition) is 7. The number of aliphatic hydroxyl groups is 2. The lowest BCUT2D eigenvalue weighted by Gasteiger charge is -2.54. The van der Waals surface area contributed by atoms with Crippen LogP contribution in [0.15, 0.2) is 18.2 Å². The van der Waals surface area contributed by atoms with E-state index in [1.807, 2.05) is 0 Å². The largest absolute Gasteiger partial charge is 0.466 e. The summed E-state index contributed by atoms with van der Waals surface area (Å²) < 4.78 is 93.6. The Morgan fingerprint density at radius 2 is 1.35 bits per heavy atom. The lowest BCUT2D eigenvalue weighted by Crippen LogP contribution is -2.81. The van der Waals surface area contributed by atoms with E-state index in [4.69, 9.17) is 23.2 Å². The summed E-state index contributed by atoms with van der Waals surface area (Å²) >= 11 is 11.8. The lowest BCUT2D eigenvalue weighted by atomic mass is 9.64. The lowest BCUT2D eigenvalue weighted by molar-refractivity contribution is -0.376. The molecule has 0 amide bonds. The van der Waals surface area contributed by atoms with Gasteiger partial charge >= 0.3 is 24.3 Å². The molecule has 1 aromatic rings. The Hall–Kier alpha value is -1.80. The van der Waals surface area contributed by atoms with Crippen LogP contribution in [-0.2, 0) is 19.1 Å². The van der Waals surface area contributed by atoms with E-state index in [0.717, 1.165) is 18.2 Å². The summed E-state index contributed by atoms with van der Waals surface area (Å²) in [4.78, 5) is 25.4. The fourth-order valence-corrected chi connectivity index (χ4v) is 4.42. The number of carbonyl (C=O) groups excluding carboxylic acids is 2. The van der Waals surface area contributed by atoms with Crippen LogP contribution in [0.4, 0.5) is 26.3 Å². The van der Waals surface area contributed by atoms with Crippen molar-refractivity contribution in [3.8, 4) is 0 Å². The molecule has 5 atom stereocenters. The second-order valence-corrected chi connectivity index (χ2v) is 8.15. The maximum absolute atomic E-state index is 14.1. The number of piperidine rings is 1. The average molecular weight is 542 g/mol. The van der Waals surface area contributed by atoms with E-state index < -0.39 is 77.3 Å². The van der Waals surface area contributed by atoms with E-state index in [1.54, 1.807) is 0 Å². The van der Waals surface area contributed by atoms with Crippen molar-refractivity contribution >= 4 is 35.1 Å². The molecule has 0 radical (unpaired) electrons. The van der Waals surface area contributed by atoms with Gasteiger partial charge in [-0.05, 0) is 31.5 Å². The highest BCUT2D eigenvalue weighted by Gasteiger charge is 2.78. The van der Waals surface area contributed by atoms with Gasteiger partial charge in [-0.15, -0.1) is 0 Å². The third-order valence-corrected chi connectivity index (χ3v) is 5.83. The van der Waals surface area contributed by atoms with Crippen LogP contribution in [-0.4, -0.2) is 59.2 Å². The zero-order valence-electron chi connectivity index (χ0n) is 17.4. The Morgan fingerprint density at radius 3 is 1.68 bits per heavy atom. The van der Waals surface area contributed by atoms with E-state index in [2.05, 4.69) is 9.47 Å². The average Bonchev–Trinajstić information content (AvgIpc) is 2.66. The van der Waals surface area contributed by atoms with Crippen molar-refractivity contribution in [1.82, 2.24) is 5.32 Å². The normalized spacial score (nSPS) is 30.1. The highest BCUT2D eigenvalue weighted by Crippen LogP contribution is 2.56. The number of ether oxygens (including phenoxy) is 2. The topological polar surface area (TPSA) is 105 Å². The van der Waals surface area contributed by atoms with Gasteiger partial charge in [0.25, 0.3) is 0 Å². The summed E-state index contributed by atoms with van der Waals surface area (Å²) in [7, 11) is 0. The summed E-state index contributed by atoms with van der Waals surface area (Å²) in [5, 5.41) is 21.2. The molecule has 2 rings (SSSR count). The maximum Gasteiger partial charge on any atom is 0.432 e. The Kier molecular flexibility index (Phi) is 8.10. The number of alkyl halides is 6. The quantitative estimate of drug-likeness (QED) is 0.387. The zero-order valence-corrected chi connectivity index (χ0v) is 18.9. The van der Waals surface area contributed by atoms with Crippen molar-refractivity contribution in [2.75, 3.05) is 13.2 Å². The van der Waals surface area contributed by atoms with Crippen LogP contribution >= 0.6 is 23.2 Å². The molecule has 0 saturated carbocycles. The molecule has 1 aliphatic heterocycles. The van der Waals surface area contributed by atoms with Gasteiger partial charge in [0, 0.05) is 16.0 Å². The van der Waals surface area contributed by atoms with Gasteiger partial charge in [0.15, 0.2) is 0 Å². The van der Waals surface area contributed by atoms with E-state index in [1.165, 1.54) is 13.8 Å². The molecule has 7 nitrogen and oxygen atoms in total. The minimum absolute atomic E-state index is 0.0831. The molecule has 192 valence electrons. The number of benzene rings is 1. The molecule has 0 aliphatic carbocycles. The van der Waals surface area contributed by atoms with Gasteiger partial charge in [0.1, 0.15) is 11.8 Å². The van der Waals surface area contributed by atoms with Gasteiger partial charge in [-0.3, -0.25) is 9.59 Å². The second-order valence-electron chi connectivity index (χ2n) is 7.30. The second kappa shape index (κ2) is 9.69. The molecular formula is C19H19Cl2F6NO6. The van der Waals surface area contributed by atoms with E-state index >= 15 is 0 Å². The fourth-order valence-electron chi connectivity index (χ4n) is 3.88. The van der Waals surface area contributed by atoms with Crippen molar-refractivity contribution in [2.24, 2.45) is 11.8 Å². The van der Waals surface area contributed by atoms with Gasteiger partial charge in [0.05, 0.1) is 13.2 Å². The summed E-state index contributed by atoms with van der Waals surface area (Å²) in [5.74, 6) is -12.1. The first-order valence-corrected chi connectivity index (χ1v) is 10.4. The van der Waals surface area contributed by atoms with Crippen LogP contribution in [0.2, 0.25) is 10.0 Å². The SMILES string of the molecule is CCOC(=O)[C@@H]1C(c2ccc(Cl)cc2Cl)[C@H](C(=O)OCC)[C@@](O)(C(F)(F)F)N[C@@]1(O)C(F)(F)F. The Labute approximate surface area is 198 Å². The highest BCUT2D eigenvalue weighted by atomic mass is 35.5. The maximum atomic E-state index is 14.1. The number of rotatable bonds is 5. The molecule has 0 bridgehead atoms. The molecule has 1 fully saturated rings. The Bertz CT molecular complexity index is 897. The fraction of sp³-hybridized carbons (Fsp3) is 0.579. The third kappa shape index (κ3) is 4.81. The van der Waals surface area contributed by atoms with Crippen molar-refractivity contribution in [3.05, 3.63) is 33.8 Å². The molecule has 1 saturated heterocycles. The molecule has 1 aromatic carbocycles. The van der Waals surface area contributed by atoms with Gasteiger partial charge in [-0.25, -0.2) is 5.32 Å². The first kappa shape index (κ1) is 28.4. The first-order chi connectivity index (χ1) is 15.5. The number of carbonyl (C=O) groups is 2. The summed E-state index contributed by atoms with van der Waals surface area (Å²) in [6, 6.07) is 2.82. The summed E-state index contributed by atoms with van der Waals surface area (Å²) in [6.45, 7) is 1.33. The van der Waals surface area contributed by atoms with Crippen LogP contribution in [0.25, 0.3) is 0 Å². The third-order valence-electron chi connectivity index (χ3n) is 5.27. The van der Waals surface area contributed by atoms with Gasteiger partial charge in [-0.2, -0.15) is 26.3 Å². The Balaban J connectivity index is 3.02. The van der Waals surface area contributed by atoms with E-state index in [-0.39, 0.29) is 5.02 Å².